The van der Waals surface area contributed by atoms with Crippen molar-refractivity contribution in [1.82, 2.24) is 5.32 Å². The summed E-state index contributed by atoms with van der Waals surface area (Å²) >= 11 is 0. The zero-order valence-electron chi connectivity index (χ0n) is 12.3. The molecule has 1 aliphatic carbocycles. The van der Waals surface area contributed by atoms with Gasteiger partial charge in [0.15, 0.2) is 5.84 Å². The fourth-order valence-electron chi connectivity index (χ4n) is 2.65. The lowest BCUT2D eigenvalue weighted by atomic mass is 9.97. The van der Waals surface area contributed by atoms with E-state index < -0.39 is 5.92 Å². The number of amides is 1. The largest absolute Gasteiger partial charge is 0.409 e. The Kier molecular flexibility index (Phi) is 5.20. The molecule has 0 aliphatic heterocycles. The molecule has 114 valence electrons. The number of carbonyl (C=O) groups is 1. The SMILES string of the molecule is CCCC1CC1NC(=O)C(Cc1ccccc1)/C(N)=N/O. The van der Waals surface area contributed by atoms with Crippen molar-refractivity contribution in [2.45, 2.75) is 38.6 Å². The molecule has 0 heterocycles. The number of benzene rings is 1. The molecule has 0 saturated heterocycles. The van der Waals surface area contributed by atoms with Crippen LogP contribution in [-0.2, 0) is 11.2 Å². The smallest absolute Gasteiger partial charge is 0.231 e. The van der Waals surface area contributed by atoms with Gasteiger partial charge in [0.1, 0.15) is 5.92 Å². The van der Waals surface area contributed by atoms with Crippen LogP contribution >= 0.6 is 0 Å². The third-order valence-electron chi connectivity index (χ3n) is 3.98. The van der Waals surface area contributed by atoms with Crippen LogP contribution in [0, 0.1) is 11.8 Å². The van der Waals surface area contributed by atoms with Crippen molar-refractivity contribution in [1.29, 1.82) is 0 Å². The predicted octanol–water partition coefficient (Wildman–Crippen LogP) is 1.90. The Balaban J connectivity index is 1.98. The molecule has 0 spiro atoms. The Hall–Kier alpha value is -2.04. The normalized spacial score (nSPS) is 22.6. The fourth-order valence-corrected chi connectivity index (χ4v) is 2.65. The van der Waals surface area contributed by atoms with E-state index in [1.165, 1.54) is 0 Å². The lowest BCUT2D eigenvalue weighted by Gasteiger charge is -2.15. The van der Waals surface area contributed by atoms with E-state index in [2.05, 4.69) is 17.4 Å². The van der Waals surface area contributed by atoms with Crippen molar-refractivity contribution in [3.63, 3.8) is 0 Å². The molecule has 1 aromatic rings. The second-order valence-electron chi connectivity index (χ2n) is 5.67. The van der Waals surface area contributed by atoms with Gasteiger partial charge in [0.25, 0.3) is 0 Å². The van der Waals surface area contributed by atoms with E-state index in [4.69, 9.17) is 10.9 Å². The van der Waals surface area contributed by atoms with Crippen LogP contribution in [0.4, 0.5) is 0 Å². The average Bonchev–Trinajstić information content (AvgIpc) is 3.23. The summed E-state index contributed by atoms with van der Waals surface area (Å²) in [5.74, 6) is -0.231. The zero-order valence-corrected chi connectivity index (χ0v) is 12.3. The van der Waals surface area contributed by atoms with Crippen LogP contribution in [0.25, 0.3) is 0 Å². The summed E-state index contributed by atoms with van der Waals surface area (Å²) in [6.07, 6.45) is 3.74. The molecule has 3 atom stereocenters. The van der Waals surface area contributed by atoms with Gasteiger partial charge in [-0.3, -0.25) is 4.79 Å². The molecule has 0 aromatic heterocycles. The number of rotatable bonds is 7. The highest BCUT2D eigenvalue weighted by Gasteiger charge is 2.38. The molecule has 21 heavy (non-hydrogen) atoms. The van der Waals surface area contributed by atoms with Crippen LogP contribution in [0.1, 0.15) is 31.7 Å². The van der Waals surface area contributed by atoms with Gasteiger partial charge < -0.3 is 16.3 Å². The molecule has 4 N–H and O–H groups in total. The van der Waals surface area contributed by atoms with Crippen LogP contribution in [0.15, 0.2) is 35.5 Å². The second-order valence-corrected chi connectivity index (χ2v) is 5.67. The van der Waals surface area contributed by atoms with Gasteiger partial charge in [-0.1, -0.05) is 48.8 Å². The molecular weight excluding hydrogens is 266 g/mol. The molecule has 3 unspecified atom stereocenters. The van der Waals surface area contributed by atoms with Crippen molar-refractivity contribution >= 4 is 11.7 Å². The Morgan fingerprint density at radius 2 is 2.19 bits per heavy atom. The summed E-state index contributed by atoms with van der Waals surface area (Å²) < 4.78 is 0. The van der Waals surface area contributed by atoms with E-state index in [-0.39, 0.29) is 17.8 Å². The highest BCUT2D eigenvalue weighted by atomic mass is 16.4. The van der Waals surface area contributed by atoms with Gasteiger partial charge in [-0.2, -0.15) is 0 Å². The van der Waals surface area contributed by atoms with Gasteiger partial charge in [0.05, 0.1) is 0 Å². The number of hydrogen-bond acceptors (Lipinski definition) is 3. The average molecular weight is 289 g/mol. The van der Waals surface area contributed by atoms with E-state index in [1.54, 1.807) is 0 Å². The Labute approximate surface area is 125 Å². The number of nitrogens with zero attached hydrogens (tertiary/aromatic N) is 1. The van der Waals surface area contributed by atoms with Crippen molar-refractivity contribution in [3.8, 4) is 0 Å². The summed E-state index contributed by atoms with van der Waals surface area (Å²) in [6, 6.07) is 9.86. The Bertz CT molecular complexity index is 502. The molecule has 1 amide bonds. The van der Waals surface area contributed by atoms with Crippen LogP contribution in [0.3, 0.4) is 0 Å². The number of oxime groups is 1. The summed E-state index contributed by atoms with van der Waals surface area (Å²) in [5, 5.41) is 14.9. The standard InChI is InChI=1S/C16H23N3O2/c1-2-6-12-10-14(12)18-16(20)13(15(17)19-21)9-11-7-4-3-5-8-11/h3-5,7-8,12-14,21H,2,6,9-10H2,1H3,(H2,17,19)(H,18,20). The quantitative estimate of drug-likeness (QED) is 0.310. The highest BCUT2D eigenvalue weighted by molar-refractivity contribution is 6.02. The van der Waals surface area contributed by atoms with Crippen LogP contribution < -0.4 is 11.1 Å². The third-order valence-corrected chi connectivity index (χ3v) is 3.98. The van der Waals surface area contributed by atoms with Crippen molar-refractivity contribution in [2.75, 3.05) is 0 Å². The van der Waals surface area contributed by atoms with Gasteiger partial charge in [-0.15, -0.1) is 0 Å². The molecular formula is C16H23N3O2. The summed E-state index contributed by atoms with van der Waals surface area (Å²) in [7, 11) is 0. The van der Waals surface area contributed by atoms with Crippen LogP contribution in [0.5, 0.6) is 0 Å². The first kappa shape index (κ1) is 15.4. The van der Waals surface area contributed by atoms with Gasteiger partial charge in [-0.05, 0) is 30.7 Å². The zero-order chi connectivity index (χ0) is 15.2. The molecule has 5 nitrogen and oxygen atoms in total. The lowest BCUT2D eigenvalue weighted by Crippen LogP contribution is -2.41. The van der Waals surface area contributed by atoms with Crippen LogP contribution in [0.2, 0.25) is 0 Å². The third kappa shape index (κ3) is 4.21. The fraction of sp³-hybridized carbons (Fsp3) is 0.500. The van der Waals surface area contributed by atoms with E-state index in [0.717, 1.165) is 24.8 Å². The van der Waals surface area contributed by atoms with Gasteiger partial charge in [0, 0.05) is 6.04 Å². The first-order valence-corrected chi connectivity index (χ1v) is 7.47. The predicted molar refractivity (Wildman–Crippen MR) is 82.0 cm³/mol. The number of nitrogens with two attached hydrogens (primary N) is 1. The maximum atomic E-state index is 12.4. The molecule has 2 rings (SSSR count). The first-order valence-electron chi connectivity index (χ1n) is 7.47. The molecule has 0 radical (unpaired) electrons. The molecule has 5 heteroatoms. The van der Waals surface area contributed by atoms with Gasteiger partial charge >= 0.3 is 0 Å². The molecule has 1 fully saturated rings. The number of hydrogen-bond donors (Lipinski definition) is 3. The van der Waals surface area contributed by atoms with Crippen LogP contribution in [-0.4, -0.2) is 23.0 Å². The topological polar surface area (TPSA) is 87.7 Å². The van der Waals surface area contributed by atoms with E-state index in [9.17, 15) is 4.79 Å². The number of carbonyl (C=O) groups excluding carboxylic acids is 1. The molecule has 0 bridgehead atoms. The van der Waals surface area contributed by atoms with Crippen molar-refractivity contribution < 1.29 is 10.0 Å². The van der Waals surface area contributed by atoms with E-state index in [0.29, 0.717) is 12.3 Å². The van der Waals surface area contributed by atoms with E-state index in [1.807, 2.05) is 30.3 Å². The summed E-state index contributed by atoms with van der Waals surface area (Å²) in [4.78, 5) is 12.4. The van der Waals surface area contributed by atoms with Crippen molar-refractivity contribution in [3.05, 3.63) is 35.9 Å². The van der Waals surface area contributed by atoms with Gasteiger partial charge in [-0.25, -0.2) is 0 Å². The summed E-state index contributed by atoms with van der Waals surface area (Å²) in [6.45, 7) is 2.14. The highest BCUT2D eigenvalue weighted by Crippen LogP contribution is 2.34. The summed E-state index contributed by atoms with van der Waals surface area (Å²) in [5.41, 5.74) is 6.69. The van der Waals surface area contributed by atoms with Gasteiger partial charge in [0.2, 0.25) is 5.91 Å². The minimum absolute atomic E-state index is 0.0379. The van der Waals surface area contributed by atoms with E-state index >= 15 is 0 Å². The minimum atomic E-state index is -0.625. The molecule has 1 saturated carbocycles. The molecule has 1 aromatic carbocycles. The van der Waals surface area contributed by atoms with Crippen molar-refractivity contribution in [2.24, 2.45) is 22.7 Å². The Morgan fingerprint density at radius 3 is 2.81 bits per heavy atom. The maximum absolute atomic E-state index is 12.4. The molecule has 1 aliphatic rings. The second kappa shape index (κ2) is 7.11. The maximum Gasteiger partial charge on any atom is 0.231 e. The monoisotopic (exact) mass is 289 g/mol. The number of amidine groups is 1. The number of nitrogens with one attached hydrogen (secondary N) is 1. The minimum Gasteiger partial charge on any atom is -0.409 e. The first-order chi connectivity index (χ1) is 10.2. The Morgan fingerprint density at radius 1 is 1.48 bits per heavy atom. The lowest BCUT2D eigenvalue weighted by molar-refractivity contribution is -0.123.